The van der Waals surface area contributed by atoms with Crippen LogP contribution < -0.4 is 11.5 Å². The lowest BCUT2D eigenvalue weighted by Crippen LogP contribution is -2.29. The fraction of sp³-hybridized carbons (Fsp3) is 0.889. The summed E-state index contributed by atoms with van der Waals surface area (Å²) in [5, 5.41) is 8.59. The molecule has 0 aliphatic rings. The summed E-state index contributed by atoms with van der Waals surface area (Å²) in [7, 11) is 0. The second kappa shape index (κ2) is 6.86. The lowest BCUT2D eigenvalue weighted by Gasteiger charge is -2.06. The van der Waals surface area contributed by atoms with E-state index in [1.165, 1.54) is 0 Å². The van der Waals surface area contributed by atoms with Crippen molar-refractivity contribution in [2.75, 3.05) is 0 Å². The Morgan fingerprint density at radius 3 is 2.23 bits per heavy atom. The van der Waals surface area contributed by atoms with Gasteiger partial charge in [-0.3, -0.25) is 4.79 Å². The van der Waals surface area contributed by atoms with Crippen LogP contribution in [0.2, 0.25) is 0 Å². The van der Waals surface area contributed by atoms with Crippen molar-refractivity contribution in [1.82, 2.24) is 0 Å². The molecule has 0 aromatic carbocycles. The van der Waals surface area contributed by atoms with Gasteiger partial charge in [0.05, 0.1) is 12.1 Å². The van der Waals surface area contributed by atoms with Gasteiger partial charge in [-0.25, -0.2) is 0 Å². The molecule has 1 unspecified atom stereocenters. The molecular formula is C9H20N2O2. The number of hydrogen-bond acceptors (Lipinski definition) is 3. The zero-order valence-electron chi connectivity index (χ0n) is 8.20. The van der Waals surface area contributed by atoms with Crippen LogP contribution in [0.1, 0.15) is 39.0 Å². The molecule has 13 heavy (non-hydrogen) atoms. The Hall–Kier alpha value is -0.610. The highest BCUT2D eigenvalue weighted by Gasteiger charge is 2.09. The fourth-order valence-electron chi connectivity index (χ4n) is 1.13. The normalized spacial score (nSPS) is 13.2. The van der Waals surface area contributed by atoms with Crippen molar-refractivity contribution in [2.24, 2.45) is 17.4 Å². The van der Waals surface area contributed by atoms with Gasteiger partial charge in [-0.2, -0.15) is 0 Å². The molecule has 0 spiro atoms. The van der Waals surface area contributed by atoms with E-state index >= 15 is 0 Å². The zero-order valence-corrected chi connectivity index (χ0v) is 8.20. The quantitative estimate of drug-likeness (QED) is 0.409. The first kappa shape index (κ1) is 12.4. The van der Waals surface area contributed by atoms with E-state index in [9.17, 15) is 4.79 Å². The molecule has 0 aliphatic carbocycles. The first-order valence-electron chi connectivity index (χ1n) is 4.78. The molecule has 1 atom stereocenters. The highest BCUT2D eigenvalue weighted by Crippen LogP contribution is 2.10. The molecule has 0 saturated carbocycles. The minimum Gasteiger partial charge on any atom is -0.481 e. The number of carboxylic acids is 1. The van der Waals surface area contributed by atoms with Crippen molar-refractivity contribution >= 4 is 5.97 Å². The Kier molecular flexibility index (Phi) is 6.54. The second-order valence-corrected chi connectivity index (χ2v) is 3.54. The molecule has 78 valence electrons. The third kappa shape index (κ3) is 7.74. The number of unbranched alkanes of at least 4 members (excludes halogenated alkanes) is 2. The Balaban J connectivity index is 3.21. The van der Waals surface area contributed by atoms with Gasteiger partial charge < -0.3 is 16.6 Å². The Bertz CT molecular complexity index is 149. The van der Waals surface area contributed by atoms with Crippen LogP contribution in [-0.2, 0) is 4.79 Å². The Morgan fingerprint density at radius 2 is 1.77 bits per heavy atom. The maximum atomic E-state index is 10.4. The van der Waals surface area contributed by atoms with E-state index in [1.54, 1.807) is 6.92 Å². The first-order chi connectivity index (χ1) is 6.04. The van der Waals surface area contributed by atoms with Crippen LogP contribution in [0.4, 0.5) is 0 Å². The molecule has 4 heteroatoms. The van der Waals surface area contributed by atoms with Crippen LogP contribution in [0.15, 0.2) is 0 Å². The highest BCUT2D eigenvalue weighted by molar-refractivity contribution is 5.69. The molecule has 0 aromatic rings. The lowest BCUT2D eigenvalue weighted by atomic mass is 10.0. The smallest absolute Gasteiger partial charge is 0.306 e. The predicted molar refractivity (Wildman–Crippen MR) is 52.0 cm³/mol. The van der Waals surface area contributed by atoms with Crippen LogP contribution in [0.25, 0.3) is 0 Å². The molecule has 0 bridgehead atoms. The van der Waals surface area contributed by atoms with Crippen molar-refractivity contribution in [3.05, 3.63) is 0 Å². The van der Waals surface area contributed by atoms with Crippen LogP contribution >= 0.6 is 0 Å². The largest absolute Gasteiger partial charge is 0.481 e. The van der Waals surface area contributed by atoms with Gasteiger partial charge in [0.25, 0.3) is 0 Å². The van der Waals surface area contributed by atoms with Crippen molar-refractivity contribution in [1.29, 1.82) is 0 Å². The predicted octanol–water partition coefficient (Wildman–Crippen LogP) is 0.901. The summed E-state index contributed by atoms with van der Waals surface area (Å²) >= 11 is 0. The molecule has 0 aliphatic heterocycles. The number of hydrogen-bond donors (Lipinski definition) is 3. The molecule has 0 aromatic heterocycles. The van der Waals surface area contributed by atoms with E-state index in [2.05, 4.69) is 0 Å². The van der Waals surface area contributed by atoms with Crippen molar-refractivity contribution in [3.8, 4) is 0 Å². The Morgan fingerprint density at radius 1 is 1.23 bits per heavy atom. The summed E-state index contributed by atoms with van der Waals surface area (Å²) in [5.74, 6) is -0.943. The number of rotatable bonds is 7. The van der Waals surface area contributed by atoms with Crippen molar-refractivity contribution < 1.29 is 9.90 Å². The molecule has 0 rings (SSSR count). The highest BCUT2D eigenvalue weighted by atomic mass is 16.4. The SMILES string of the molecule is CC(CCCCCC(N)N)C(=O)O. The minimum atomic E-state index is -0.712. The molecular weight excluding hydrogens is 168 g/mol. The van der Waals surface area contributed by atoms with Gasteiger partial charge in [0.1, 0.15) is 0 Å². The molecule has 5 N–H and O–H groups in total. The summed E-state index contributed by atoms with van der Waals surface area (Å²) in [4.78, 5) is 10.4. The minimum absolute atomic E-state index is 0.225. The molecule has 0 fully saturated rings. The van der Waals surface area contributed by atoms with E-state index in [0.717, 1.165) is 32.1 Å². The maximum absolute atomic E-state index is 10.4. The van der Waals surface area contributed by atoms with Crippen LogP contribution in [0.5, 0.6) is 0 Å². The molecule has 4 nitrogen and oxygen atoms in total. The van der Waals surface area contributed by atoms with Crippen LogP contribution in [-0.4, -0.2) is 17.2 Å². The average molecular weight is 188 g/mol. The van der Waals surface area contributed by atoms with Gasteiger partial charge in [-0.1, -0.05) is 26.2 Å². The second-order valence-electron chi connectivity index (χ2n) is 3.54. The summed E-state index contributed by atoms with van der Waals surface area (Å²) in [5.41, 5.74) is 10.7. The molecule has 0 amide bonds. The molecule has 0 radical (unpaired) electrons. The third-order valence-electron chi connectivity index (χ3n) is 2.10. The average Bonchev–Trinajstić information content (AvgIpc) is 2.02. The van der Waals surface area contributed by atoms with Gasteiger partial charge in [0, 0.05) is 0 Å². The first-order valence-corrected chi connectivity index (χ1v) is 4.78. The topological polar surface area (TPSA) is 89.3 Å². The number of aliphatic carboxylic acids is 1. The van der Waals surface area contributed by atoms with E-state index in [4.69, 9.17) is 16.6 Å². The van der Waals surface area contributed by atoms with Gasteiger partial charge >= 0.3 is 5.97 Å². The van der Waals surface area contributed by atoms with Gasteiger partial charge in [0.2, 0.25) is 0 Å². The van der Waals surface area contributed by atoms with Crippen molar-refractivity contribution in [3.63, 3.8) is 0 Å². The molecule has 0 heterocycles. The van der Waals surface area contributed by atoms with Gasteiger partial charge in [0.15, 0.2) is 0 Å². The van der Waals surface area contributed by atoms with Crippen molar-refractivity contribution in [2.45, 2.75) is 45.2 Å². The third-order valence-corrected chi connectivity index (χ3v) is 2.10. The fourth-order valence-corrected chi connectivity index (χ4v) is 1.13. The van der Waals surface area contributed by atoms with E-state index in [-0.39, 0.29) is 12.1 Å². The van der Waals surface area contributed by atoms with E-state index in [0.29, 0.717) is 0 Å². The van der Waals surface area contributed by atoms with Crippen LogP contribution in [0.3, 0.4) is 0 Å². The van der Waals surface area contributed by atoms with Gasteiger partial charge in [-0.15, -0.1) is 0 Å². The van der Waals surface area contributed by atoms with Gasteiger partial charge in [-0.05, 0) is 12.8 Å². The summed E-state index contributed by atoms with van der Waals surface area (Å²) in [6, 6.07) is 0. The standard InChI is InChI=1S/C9H20N2O2/c1-7(9(12)13)5-3-2-4-6-8(10)11/h7-8H,2-6,10-11H2,1H3,(H,12,13). The number of carboxylic acid groups (broad SMARTS) is 1. The van der Waals surface area contributed by atoms with E-state index < -0.39 is 5.97 Å². The Labute approximate surface area is 79.3 Å². The summed E-state index contributed by atoms with van der Waals surface area (Å²) in [6.45, 7) is 1.73. The maximum Gasteiger partial charge on any atom is 0.306 e. The number of nitrogens with two attached hydrogens (primary N) is 2. The lowest BCUT2D eigenvalue weighted by molar-refractivity contribution is -0.141. The number of carbonyl (C=O) groups is 1. The summed E-state index contributed by atoms with van der Waals surface area (Å²) in [6.07, 6.45) is 4.29. The van der Waals surface area contributed by atoms with E-state index in [1.807, 2.05) is 0 Å². The molecule has 0 saturated heterocycles. The zero-order chi connectivity index (χ0) is 10.3. The summed E-state index contributed by atoms with van der Waals surface area (Å²) < 4.78 is 0. The monoisotopic (exact) mass is 188 g/mol. The van der Waals surface area contributed by atoms with Crippen LogP contribution in [0, 0.1) is 5.92 Å².